The molecule has 3 nitrogen and oxygen atoms in total. The average Bonchev–Trinajstić information content (AvgIpc) is 2.20. The maximum Gasteiger partial charge on any atom is 0.0967 e. The Morgan fingerprint density at radius 3 is 2.06 bits per heavy atom. The second-order valence-corrected chi connectivity index (χ2v) is 5.77. The van der Waals surface area contributed by atoms with E-state index in [1.165, 1.54) is 0 Å². The highest BCUT2D eigenvalue weighted by Crippen LogP contribution is 2.06. The Balaban J connectivity index is 4.14. The zero-order valence-corrected chi connectivity index (χ0v) is 12.3. The molecule has 0 aliphatic carbocycles. The topological polar surface area (TPSA) is 39.1 Å². The summed E-state index contributed by atoms with van der Waals surface area (Å²) < 4.78 is 0. The molecule has 0 fully saturated rings. The molecule has 1 unspecified atom stereocenters. The summed E-state index contributed by atoms with van der Waals surface area (Å²) in [4.78, 5) is 2.46. The first-order chi connectivity index (χ1) is 7.86. The molecule has 100 valence electrons. The fourth-order valence-corrected chi connectivity index (χ4v) is 1.91. The summed E-state index contributed by atoms with van der Waals surface area (Å²) in [5, 5.41) is 12.4. The second kappa shape index (κ2) is 8.49. The van der Waals surface area contributed by atoms with Crippen LogP contribution in [0.25, 0.3) is 0 Å². The molecule has 0 aromatic rings. The summed E-state index contributed by atoms with van der Waals surface area (Å²) >= 11 is 0. The van der Waals surface area contributed by atoms with Crippen LogP contribution in [0.4, 0.5) is 0 Å². The minimum absolute atomic E-state index is 0.0246. The lowest BCUT2D eigenvalue weighted by atomic mass is 10.1. The van der Waals surface area contributed by atoms with Gasteiger partial charge in [-0.1, -0.05) is 13.8 Å². The van der Waals surface area contributed by atoms with Gasteiger partial charge in [0.05, 0.1) is 12.1 Å². The molecule has 1 atom stereocenters. The Hall–Kier alpha value is -0.590. The predicted molar refractivity (Wildman–Crippen MR) is 73.8 cm³/mol. The van der Waals surface area contributed by atoms with Crippen molar-refractivity contribution in [1.82, 2.24) is 10.2 Å². The van der Waals surface area contributed by atoms with E-state index in [0.717, 1.165) is 19.5 Å². The fourth-order valence-electron chi connectivity index (χ4n) is 1.91. The van der Waals surface area contributed by atoms with Crippen LogP contribution in [0.15, 0.2) is 0 Å². The first-order valence-corrected chi connectivity index (χ1v) is 6.76. The Kier molecular flexibility index (Phi) is 8.20. The molecule has 17 heavy (non-hydrogen) atoms. The zero-order valence-electron chi connectivity index (χ0n) is 12.3. The molecular formula is C14H29N3. The van der Waals surface area contributed by atoms with Crippen molar-refractivity contribution < 1.29 is 0 Å². The Labute approximate surface area is 107 Å². The van der Waals surface area contributed by atoms with Gasteiger partial charge in [-0.3, -0.25) is 5.32 Å². The molecule has 0 saturated heterocycles. The molecule has 0 aromatic heterocycles. The normalized spacial score (nSPS) is 13.7. The molecule has 0 spiro atoms. The molecule has 0 saturated carbocycles. The molecule has 0 rings (SSSR count). The van der Waals surface area contributed by atoms with Crippen LogP contribution >= 0.6 is 0 Å². The van der Waals surface area contributed by atoms with E-state index in [1.807, 2.05) is 0 Å². The monoisotopic (exact) mass is 239 g/mol. The van der Waals surface area contributed by atoms with Gasteiger partial charge in [0.25, 0.3) is 0 Å². The minimum Gasteiger partial charge on any atom is -0.301 e. The van der Waals surface area contributed by atoms with Gasteiger partial charge in [-0.2, -0.15) is 5.26 Å². The van der Waals surface area contributed by atoms with Crippen LogP contribution in [0.5, 0.6) is 0 Å². The van der Waals surface area contributed by atoms with Gasteiger partial charge in [-0.15, -0.1) is 0 Å². The predicted octanol–water partition coefficient (Wildman–Crippen LogP) is 2.63. The van der Waals surface area contributed by atoms with Gasteiger partial charge in [0.15, 0.2) is 0 Å². The van der Waals surface area contributed by atoms with Crippen LogP contribution in [0, 0.1) is 17.2 Å². The highest BCUT2D eigenvalue weighted by atomic mass is 15.1. The Morgan fingerprint density at radius 2 is 1.71 bits per heavy atom. The molecule has 0 bridgehead atoms. The van der Waals surface area contributed by atoms with E-state index in [1.54, 1.807) is 0 Å². The van der Waals surface area contributed by atoms with E-state index >= 15 is 0 Å². The lowest BCUT2D eigenvalue weighted by Crippen LogP contribution is -2.40. The molecule has 0 amide bonds. The third-order valence-electron chi connectivity index (χ3n) is 2.73. The summed E-state index contributed by atoms with van der Waals surface area (Å²) in [5.41, 5.74) is 0. The Morgan fingerprint density at radius 1 is 1.12 bits per heavy atom. The van der Waals surface area contributed by atoms with Gasteiger partial charge < -0.3 is 4.90 Å². The average molecular weight is 239 g/mol. The standard InChI is InChI=1S/C14H29N3/c1-11(2)10-17(13(5)6)8-7-14(9-15)16-12(3)4/h11-14,16H,7-8,10H2,1-6H3. The largest absolute Gasteiger partial charge is 0.301 e. The van der Waals surface area contributed by atoms with Gasteiger partial charge in [0.2, 0.25) is 0 Å². The Bertz CT molecular complexity index is 228. The zero-order chi connectivity index (χ0) is 13.4. The summed E-state index contributed by atoms with van der Waals surface area (Å²) in [6.07, 6.45) is 0.902. The van der Waals surface area contributed by atoms with E-state index in [2.05, 4.69) is 57.8 Å². The molecule has 1 N–H and O–H groups in total. The summed E-state index contributed by atoms with van der Waals surface area (Å²) in [7, 11) is 0. The van der Waals surface area contributed by atoms with Gasteiger partial charge in [-0.05, 0) is 40.0 Å². The quantitative estimate of drug-likeness (QED) is 0.708. The van der Waals surface area contributed by atoms with Crippen molar-refractivity contribution in [3.63, 3.8) is 0 Å². The van der Waals surface area contributed by atoms with Crippen molar-refractivity contribution in [1.29, 1.82) is 5.26 Å². The van der Waals surface area contributed by atoms with E-state index in [4.69, 9.17) is 5.26 Å². The van der Waals surface area contributed by atoms with Crippen molar-refractivity contribution in [2.75, 3.05) is 13.1 Å². The molecule has 0 radical (unpaired) electrons. The molecule has 0 aromatic carbocycles. The van der Waals surface area contributed by atoms with Gasteiger partial charge in [-0.25, -0.2) is 0 Å². The number of nitrogens with zero attached hydrogens (tertiary/aromatic N) is 2. The first-order valence-electron chi connectivity index (χ1n) is 6.76. The van der Waals surface area contributed by atoms with E-state index in [9.17, 15) is 0 Å². The number of nitriles is 1. The van der Waals surface area contributed by atoms with Crippen LogP contribution in [0.3, 0.4) is 0 Å². The van der Waals surface area contributed by atoms with Crippen LogP contribution in [-0.4, -0.2) is 36.1 Å². The summed E-state index contributed by atoms with van der Waals surface area (Å²) in [6.45, 7) is 15.2. The minimum atomic E-state index is -0.0246. The molecule has 0 aliphatic rings. The van der Waals surface area contributed by atoms with Gasteiger partial charge in [0, 0.05) is 25.2 Å². The van der Waals surface area contributed by atoms with Crippen molar-refractivity contribution in [2.24, 2.45) is 5.92 Å². The highest BCUT2D eigenvalue weighted by Gasteiger charge is 2.14. The van der Waals surface area contributed by atoms with Crippen LogP contribution in [-0.2, 0) is 0 Å². The first kappa shape index (κ1) is 16.4. The van der Waals surface area contributed by atoms with Gasteiger partial charge in [0.1, 0.15) is 0 Å². The maximum absolute atomic E-state index is 9.08. The molecular weight excluding hydrogens is 210 g/mol. The number of hydrogen-bond donors (Lipinski definition) is 1. The lowest BCUT2D eigenvalue weighted by molar-refractivity contribution is 0.190. The van der Waals surface area contributed by atoms with E-state index in [-0.39, 0.29) is 6.04 Å². The maximum atomic E-state index is 9.08. The van der Waals surface area contributed by atoms with Crippen molar-refractivity contribution in [3.8, 4) is 6.07 Å². The van der Waals surface area contributed by atoms with E-state index in [0.29, 0.717) is 18.0 Å². The third-order valence-corrected chi connectivity index (χ3v) is 2.73. The summed E-state index contributed by atoms with van der Waals surface area (Å²) in [6, 6.07) is 3.24. The van der Waals surface area contributed by atoms with Crippen molar-refractivity contribution in [3.05, 3.63) is 0 Å². The SMILES string of the molecule is CC(C)CN(CCC(C#N)NC(C)C)C(C)C. The smallest absolute Gasteiger partial charge is 0.0967 e. The number of nitrogens with one attached hydrogen (secondary N) is 1. The van der Waals surface area contributed by atoms with E-state index < -0.39 is 0 Å². The van der Waals surface area contributed by atoms with Crippen LogP contribution in [0.2, 0.25) is 0 Å². The number of rotatable bonds is 8. The molecule has 0 heterocycles. The van der Waals surface area contributed by atoms with Crippen molar-refractivity contribution in [2.45, 2.75) is 66.1 Å². The van der Waals surface area contributed by atoms with Gasteiger partial charge >= 0.3 is 0 Å². The van der Waals surface area contributed by atoms with Crippen molar-refractivity contribution >= 4 is 0 Å². The molecule has 0 aliphatic heterocycles. The van der Waals surface area contributed by atoms with Crippen LogP contribution in [0.1, 0.15) is 48.0 Å². The molecule has 3 heteroatoms. The number of hydrogen-bond acceptors (Lipinski definition) is 3. The third kappa shape index (κ3) is 8.18. The van der Waals surface area contributed by atoms with Crippen LogP contribution < -0.4 is 5.32 Å². The highest BCUT2D eigenvalue weighted by molar-refractivity contribution is 4.91. The fraction of sp³-hybridized carbons (Fsp3) is 0.929. The lowest BCUT2D eigenvalue weighted by Gasteiger charge is -2.29. The second-order valence-electron chi connectivity index (χ2n) is 5.77. The summed E-state index contributed by atoms with van der Waals surface area (Å²) in [5.74, 6) is 0.677.